The van der Waals surface area contributed by atoms with Crippen LogP contribution in [-0.4, -0.2) is 5.91 Å². The second-order valence-corrected chi connectivity index (χ2v) is 1.87. The molecule has 0 aliphatic heterocycles. The number of carbonyl (C=O) groups is 1. The van der Waals surface area contributed by atoms with Gasteiger partial charge in [0.25, 0.3) is 0 Å². The topological polar surface area (TPSA) is 66.9 Å². The summed E-state index contributed by atoms with van der Waals surface area (Å²) in [6.45, 7) is 1.84. The van der Waals surface area contributed by atoms with Gasteiger partial charge in [0.15, 0.2) is 0 Å². The zero-order valence-electron chi connectivity index (χ0n) is 5.42. The number of nitriles is 1. The SMILES string of the molecule is CCC(CC#N)C(N)=O. The van der Waals surface area contributed by atoms with Crippen LogP contribution in [-0.2, 0) is 4.79 Å². The first-order valence-electron chi connectivity index (χ1n) is 2.88. The summed E-state index contributed by atoms with van der Waals surface area (Å²) in [7, 11) is 0. The Labute approximate surface area is 54.5 Å². The van der Waals surface area contributed by atoms with Gasteiger partial charge in [0.1, 0.15) is 0 Å². The molecule has 0 aliphatic carbocycles. The highest BCUT2D eigenvalue weighted by Crippen LogP contribution is 2.04. The number of nitrogens with zero attached hydrogens (tertiary/aromatic N) is 1. The van der Waals surface area contributed by atoms with Gasteiger partial charge in [-0.2, -0.15) is 5.26 Å². The lowest BCUT2D eigenvalue weighted by atomic mass is 10.0. The number of hydrogen-bond acceptors (Lipinski definition) is 2. The first kappa shape index (κ1) is 7.96. The van der Waals surface area contributed by atoms with Crippen LogP contribution in [0.25, 0.3) is 0 Å². The highest BCUT2D eigenvalue weighted by atomic mass is 16.1. The molecule has 1 unspecified atom stereocenters. The van der Waals surface area contributed by atoms with Gasteiger partial charge in [-0.25, -0.2) is 0 Å². The number of carbonyl (C=O) groups excluding carboxylic acids is 1. The smallest absolute Gasteiger partial charge is 0.221 e. The van der Waals surface area contributed by atoms with Crippen LogP contribution < -0.4 is 5.73 Å². The van der Waals surface area contributed by atoms with Crippen LogP contribution in [0.3, 0.4) is 0 Å². The molecule has 0 saturated heterocycles. The summed E-state index contributed by atoms with van der Waals surface area (Å²) in [5.74, 6) is -0.631. The van der Waals surface area contributed by atoms with E-state index >= 15 is 0 Å². The van der Waals surface area contributed by atoms with E-state index in [9.17, 15) is 4.79 Å². The van der Waals surface area contributed by atoms with E-state index in [0.717, 1.165) is 0 Å². The third-order valence-electron chi connectivity index (χ3n) is 1.23. The zero-order valence-corrected chi connectivity index (χ0v) is 5.42. The molecule has 0 heterocycles. The maximum Gasteiger partial charge on any atom is 0.221 e. The quantitative estimate of drug-likeness (QED) is 0.595. The predicted molar refractivity (Wildman–Crippen MR) is 33.2 cm³/mol. The summed E-state index contributed by atoms with van der Waals surface area (Å²) in [5, 5.41) is 8.16. The average Bonchev–Trinajstić information content (AvgIpc) is 1.82. The van der Waals surface area contributed by atoms with Gasteiger partial charge in [-0.15, -0.1) is 0 Å². The number of nitrogens with two attached hydrogens (primary N) is 1. The van der Waals surface area contributed by atoms with Gasteiger partial charge >= 0.3 is 0 Å². The van der Waals surface area contributed by atoms with Crippen molar-refractivity contribution in [3.8, 4) is 6.07 Å². The van der Waals surface area contributed by atoms with Crippen molar-refractivity contribution in [2.75, 3.05) is 0 Å². The van der Waals surface area contributed by atoms with Crippen molar-refractivity contribution in [1.29, 1.82) is 5.26 Å². The largest absolute Gasteiger partial charge is 0.369 e. The van der Waals surface area contributed by atoms with Crippen LogP contribution in [0.2, 0.25) is 0 Å². The molecule has 0 saturated carbocycles. The second kappa shape index (κ2) is 3.90. The van der Waals surface area contributed by atoms with Gasteiger partial charge in [-0.1, -0.05) is 6.92 Å². The van der Waals surface area contributed by atoms with Gasteiger partial charge in [0, 0.05) is 6.42 Å². The van der Waals surface area contributed by atoms with Crippen LogP contribution in [0, 0.1) is 17.2 Å². The molecule has 1 amide bonds. The predicted octanol–water partition coefficient (Wildman–Crippen LogP) is 0.412. The minimum Gasteiger partial charge on any atom is -0.369 e. The Kier molecular flexibility index (Phi) is 3.45. The van der Waals surface area contributed by atoms with E-state index in [4.69, 9.17) is 11.0 Å². The monoisotopic (exact) mass is 126 g/mol. The summed E-state index contributed by atoms with van der Waals surface area (Å²) in [6, 6.07) is 1.90. The first-order valence-corrected chi connectivity index (χ1v) is 2.88. The molecule has 3 heteroatoms. The lowest BCUT2D eigenvalue weighted by Gasteiger charge is -2.02. The Hall–Kier alpha value is -1.04. The van der Waals surface area contributed by atoms with Crippen molar-refractivity contribution < 1.29 is 4.79 Å². The van der Waals surface area contributed by atoms with Crippen molar-refractivity contribution in [3.63, 3.8) is 0 Å². The lowest BCUT2D eigenvalue weighted by Crippen LogP contribution is -2.21. The van der Waals surface area contributed by atoms with Crippen molar-refractivity contribution in [1.82, 2.24) is 0 Å². The molecule has 0 radical (unpaired) electrons. The Bertz CT molecular complexity index is 136. The molecule has 0 aromatic heterocycles. The molecule has 3 nitrogen and oxygen atoms in total. The molecular formula is C6H10N2O. The van der Waals surface area contributed by atoms with E-state index in [2.05, 4.69) is 0 Å². The molecule has 50 valence electrons. The van der Waals surface area contributed by atoms with E-state index in [0.29, 0.717) is 6.42 Å². The fourth-order valence-corrected chi connectivity index (χ4v) is 0.556. The summed E-state index contributed by atoms with van der Waals surface area (Å²) >= 11 is 0. The highest BCUT2D eigenvalue weighted by Gasteiger charge is 2.10. The zero-order chi connectivity index (χ0) is 7.28. The Balaban J connectivity index is 3.71. The van der Waals surface area contributed by atoms with Crippen molar-refractivity contribution in [2.45, 2.75) is 19.8 Å². The summed E-state index contributed by atoms with van der Waals surface area (Å²) in [4.78, 5) is 10.4. The summed E-state index contributed by atoms with van der Waals surface area (Å²) < 4.78 is 0. The normalized spacial score (nSPS) is 12.0. The third-order valence-corrected chi connectivity index (χ3v) is 1.23. The number of primary amides is 1. The Morgan fingerprint density at radius 3 is 2.56 bits per heavy atom. The Morgan fingerprint density at radius 2 is 2.44 bits per heavy atom. The average molecular weight is 126 g/mol. The molecule has 0 rings (SSSR count). The van der Waals surface area contributed by atoms with E-state index in [1.165, 1.54) is 0 Å². The van der Waals surface area contributed by atoms with E-state index in [-0.39, 0.29) is 18.2 Å². The van der Waals surface area contributed by atoms with Gasteiger partial charge in [-0.3, -0.25) is 4.79 Å². The van der Waals surface area contributed by atoms with Crippen LogP contribution in [0.15, 0.2) is 0 Å². The van der Waals surface area contributed by atoms with Crippen molar-refractivity contribution >= 4 is 5.91 Å². The maximum atomic E-state index is 10.4. The molecule has 9 heavy (non-hydrogen) atoms. The molecular weight excluding hydrogens is 116 g/mol. The summed E-state index contributed by atoms with van der Waals surface area (Å²) in [6.07, 6.45) is 0.898. The van der Waals surface area contributed by atoms with Gasteiger partial charge in [-0.05, 0) is 6.42 Å². The number of amides is 1. The van der Waals surface area contributed by atoms with Crippen LogP contribution >= 0.6 is 0 Å². The minimum absolute atomic E-state index is 0.242. The van der Waals surface area contributed by atoms with E-state index < -0.39 is 0 Å². The molecule has 0 aromatic rings. The second-order valence-electron chi connectivity index (χ2n) is 1.87. The van der Waals surface area contributed by atoms with Gasteiger partial charge in [0.05, 0.1) is 12.0 Å². The molecule has 0 aromatic carbocycles. The molecule has 2 N–H and O–H groups in total. The standard InChI is InChI=1S/C6H10N2O/c1-2-5(3-4-7)6(8)9/h5H,2-3H2,1H3,(H2,8,9). The van der Waals surface area contributed by atoms with Crippen molar-refractivity contribution in [3.05, 3.63) is 0 Å². The number of rotatable bonds is 3. The van der Waals surface area contributed by atoms with E-state index in [1.807, 2.05) is 13.0 Å². The van der Waals surface area contributed by atoms with Crippen molar-refractivity contribution in [2.24, 2.45) is 11.7 Å². The molecule has 0 bridgehead atoms. The van der Waals surface area contributed by atoms with Crippen LogP contribution in [0.1, 0.15) is 19.8 Å². The fraction of sp³-hybridized carbons (Fsp3) is 0.667. The highest BCUT2D eigenvalue weighted by molar-refractivity contribution is 5.76. The van der Waals surface area contributed by atoms with Gasteiger partial charge in [0.2, 0.25) is 5.91 Å². The Morgan fingerprint density at radius 1 is 1.89 bits per heavy atom. The molecule has 0 aliphatic rings. The molecule has 0 spiro atoms. The van der Waals surface area contributed by atoms with Gasteiger partial charge < -0.3 is 5.73 Å². The van der Waals surface area contributed by atoms with Crippen LogP contribution in [0.5, 0.6) is 0 Å². The molecule has 0 fully saturated rings. The first-order chi connectivity index (χ1) is 4.22. The number of hydrogen-bond donors (Lipinski definition) is 1. The minimum atomic E-state index is -0.376. The van der Waals surface area contributed by atoms with Crippen LogP contribution in [0.4, 0.5) is 0 Å². The maximum absolute atomic E-state index is 10.4. The van der Waals surface area contributed by atoms with E-state index in [1.54, 1.807) is 0 Å². The third kappa shape index (κ3) is 2.70. The molecule has 1 atom stereocenters. The fourth-order valence-electron chi connectivity index (χ4n) is 0.556. The lowest BCUT2D eigenvalue weighted by molar-refractivity contribution is -0.121. The summed E-state index contributed by atoms with van der Waals surface area (Å²) in [5.41, 5.74) is 4.94.